The van der Waals surface area contributed by atoms with Crippen molar-refractivity contribution in [2.24, 2.45) is 11.8 Å². The molecule has 0 radical (unpaired) electrons. The second-order valence-corrected chi connectivity index (χ2v) is 22.2. The zero-order valence-electron chi connectivity index (χ0n) is 20.8. The quantitative estimate of drug-likeness (QED) is 0.353. The van der Waals surface area contributed by atoms with E-state index in [1.165, 1.54) is 51.4 Å². The van der Waals surface area contributed by atoms with Gasteiger partial charge in [0.2, 0.25) is 0 Å². The van der Waals surface area contributed by atoms with Crippen LogP contribution in [0, 0.1) is 11.8 Å². The largest absolute Gasteiger partial charge is 0.382 e. The summed E-state index contributed by atoms with van der Waals surface area (Å²) in [5.74, 6) is 1.16. The van der Waals surface area contributed by atoms with Crippen molar-refractivity contribution in [3.05, 3.63) is 0 Å². The molecular weight excluding hydrogens is 392 g/mol. The lowest BCUT2D eigenvalue weighted by molar-refractivity contribution is -0.131. The van der Waals surface area contributed by atoms with E-state index < -0.39 is 16.1 Å². The van der Waals surface area contributed by atoms with Gasteiger partial charge in [-0.15, -0.1) is 0 Å². The van der Waals surface area contributed by atoms with Gasteiger partial charge in [0.15, 0.2) is 0 Å². The number of hydrogen-bond donors (Lipinski definition) is 0. The van der Waals surface area contributed by atoms with Gasteiger partial charge in [0.1, 0.15) is 0 Å². The smallest absolute Gasteiger partial charge is 0.0790 e. The molecule has 5 heteroatoms. The molecule has 172 valence electrons. The third-order valence-electron chi connectivity index (χ3n) is 7.03. The Hall–Kier alpha value is 0.314. The Morgan fingerprint density at radius 3 is 1.28 bits per heavy atom. The molecule has 2 rings (SSSR count). The van der Waals surface area contributed by atoms with E-state index in [4.69, 9.17) is 14.2 Å². The summed E-state index contributed by atoms with van der Waals surface area (Å²) in [6, 6.07) is 0. The Balaban J connectivity index is 2.20. The van der Waals surface area contributed by atoms with Gasteiger partial charge in [-0.3, -0.25) is 0 Å². The van der Waals surface area contributed by atoms with Crippen LogP contribution < -0.4 is 0 Å². The molecule has 29 heavy (non-hydrogen) atoms. The number of rotatable bonds is 10. The Labute approximate surface area is 183 Å². The summed E-state index contributed by atoms with van der Waals surface area (Å²) in [5, 5.41) is 0. The molecule has 0 N–H and O–H groups in total. The van der Waals surface area contributed by atoms with Crippen LogP contribution in [0.1, 0.15) is 65.2 Å². The zero-order valence-corrected chi connectivity index (χ0v) is 22.8. The standard InChI is InChI=1S/C24H50O3Si2/c1-9-25-23(28(3,4)5)19-15-11-13-17-21(19)27-22-18-14-12-16-20(22)24(26-10-2)29(6,7)8/h19-24H,9-18H2,1-8H3. The number of hydrogen-bond acceptors (Lipinski definition) is 3. The fraction of sp³-hybridized carbons (Fsp3) is 1.00. The lowest BCUT2D eigenvalue weighted by Gasteiger charge is -2.47. The Kier molecular flexibility index (Phi) is 9.93. The molecule has 2 aliphatic rings. The van der Waals surface area contributed by atoms with Crippen LogP contribution >= 0.6 is 0 Å². The highest BCUT2D eigenvalue weighted by Crippen LogP contribution is 2.40. The lowest BCUT2D eigenvalue weighted by Crippen LogP contribution is -2.54. The van der Waals surface area contributed by atoms with Crippen LogP contribution in [0.4, 0.5) is 0 Å². The maximum Gasteiger partial charge on any atom is 0.0790 e. The van der Waals surface area contributed by atoms with Crippen LogP contribution in [0.3, 0.4) is 0 Å². The molecule has 6 unspecified atom stereocenters. The summed E-state index contributed by atoms with van der Waals surface area (Å²) < 4.78 is 19.9. The van der Waals surface area contributed by atoms with E-state index in [0.29, 0.717) is 35.5 Å². The summed E-state index contributed by atoms with van der Waals surface area (Å²) in [6.07, 6.45) is 11.0. The van der Waals surface area contributed by atoms with E-state index in [9.17, 15) is 0 Å². The van der Waals surface area contributed by atoms with Crippen molar-refractivity contribution in [3.8, 4) is 0 Å². The van der Waals surface area contributed by atoms with E-state index in [1.54, 1.807) is 0 Å². The molecule has 0 aromatic rings. The summed E-state index contributed by atoms with van der Waals surface area (Å²) in [7, 11) is -2.81. The van der Waals surface area contributed by atoms with Crippen LogP contribution in [-0.4, -0.2) is 53.0 Å². The molecule has 2 fully saturated rings. The van der Waals surface area contributed by atoms with Crippen molar-refractivity contribution in [1.29, 1.82) is 0 Å². The molecule has 0 aromatic heterocycles. The monoisotopic (exact) mass is 442 g/mol. The van der Waals surface area contributed by atoms with Crippen molar-refractivity contribution in [1.82, 2.24) is 0 Å². The van der Waals surface area contributed by atoms with Gasteiger partial charge in [0, 0.05) is 25.0 Å². The summed E-state index contributed by atoms with van der Waals surface area (Å²) in [5.41, 5.74) is 0.832. The van der Waals surface area contributed by atoms with Crippen LogP contribution in [0.15, 0.2) is 0 Å². The number of ether oxygens (including phenoxy) is 3. The van der Waals surface area contributed by atoms with E-state index in [1.807, 2.05) is 0 Å². The predicted molar refractivity (Wildman–Crippen MR) is 130 cm³/mol. The molecule has 2 saturated carbocycles. The second-order valence-electron chi connectivity index (χ2n) is 11.6. The van der Waals surface area contributed by atoms with E-state index in [-0.39, 0.29) is 0 Å². The molecule has 0 spiro atoms. The van der Waals surface area contributed by atoms with Crippen LogP contribution in [0.5, 0.6) is 0 Å². The minimum atomic E-state index is -1.40. The van der Waals surface area contributed by atoms with Crippen molar-refractivity contribution in [2.75, 3.05) is 13.2 Å². The lowest BCUT2D eigenvalue weighted by atomic mass is 9.83. The highest BCUT2D eigenvalue weighted by atomic mass is 28.3. The molecule has 2 aliphatic carbocycles. The van der Waals surface area contributed by atoms with E-state index in [2.05, 4.69) is 53.1 Å². The SMILES string of the molecule is CCOC(C1CCCCC1OC1CCCCC1C(OCC)[Si](C)(C)C)[Si](C)(C)C. The van der Waals surface area contributed by atoms with Gasteiger partial charge in [-0.1, -0.05) is 65.0 Å². The van der Waals surface area contributed by atoms with Crippen LogP contribution in [-0.2, 0) is 14.2 Å². The van der Waals surface area contributed by atoms with Gasteiger partial charge < -0.3 is 14.2 Å². The molecule has 0 bridgehead atoms. The first-order valence-corrected chi connectivity index (χ1v) is 19.6. The summed E-state index contributed by atoms with van der Waals surface area (Å²) in [4.78, 5) is 0. The molecule has 0 amide bonds. The van der Waals surface area contributed by atoms with Crippen molar-refractivity contribution >= 4 is 16.1 Å². The van der Waals surface area contributed by atoms with Crippen LogP contribution in [0.25, 0.3) is 0 Å². The highest BCUT2D eigenvalue weighted by molar-refractivity contribution is 6.77. The van der Waals surface area contributed by atoms with E-state index >= 15 is 0 Å². The first-order valence-electron chi connectivity index (χ1n) is 12.5. The zero-order chi connectivity index (χ0) is 21.7. The fourth-order valence-electron chi connectivity index (χ4n) is 5.90. The molecular formula is C24H50O3Si2. The van der Waals surface area contributed by atoms with Gasteiger partial charge in [-0.2, -0.15) is 0 Å². The van der Waals surface area contributed by atoms with Gasteiger partial charge in [-0.25, -0.2) is 0 Å². The second kappa shape index (κ2) is 11.3. The minimum Gasteiger partial charge on any atom is -0.382 e. The fourth-order valence-corrected chi connectivity index (χ4v) is 10.6. The Morgan fingerprint density at radius 2 is 0.966 bits per heavy atom. The average molecular weight is 443 g/mol. The molecule has 0 heterocycles. The molecule has 0 saturated heterocycles. The highest BCUT2D eigenvalue weighted by Gasteiger charge is 2.45. The maximum absolute atomic E-state index is 7.09. The average Bonchev–Trinajstić information content (AvgIpc) is 2.64. The first kappa shape index (κ1) is 25.6. The third-order valence-corrected chi connectivity index (χ3v) is 11.6. The Morgan fingerprint density at radius 1 is 0.621 bits per heavy atom. The van der Waals surface area contributed by atoms with Crippen LogP contribution in [0.2, 0.25) is 39.3 Å². The van der Waals surface area contributed by atoms with Gasteiger partial charge >= 0.3 is 0 Å². The van der Waals surface area contributed by atoms with Crippen molar-refractivity contribution < 1.29 is 14.2 Å². The van der Waals surface area contributed by atoms with Crippen molar-refractivity contribution in [3.63, 3.8) is 0 Å². The van der Waals surface area contributed by atoms with Gasteiger partial charge in [0.25, 0.3) is 0 Å². The Bertz CT molecular complexity index is 430. The molecule has 0 aliphatic heterocycles. The molecule has 0 aromatic carbocycles. The molecule has 6 atom stereocenters. The summed E-state index contributed by atoms with van der Waals surface area (Å²) in [6.45, 7) is 20.8. The maximum atomic E-state index is 7.09. The van der Waals surface area contributed by atoms with Gasteiger partial charge in [0.05, 0.1) is 39.8 Å². The topological polar surface area (TPSA) is 27.7 Å². The van der Waals surface area contributed by atoms with Gasteiger partial charge in [-0.05, 0) is 39.5 Å². The molecule has 3 nitrogen and oxygen atoms in total. The van der Waals surface area contributed by atoms with E-state index in [0.717, 1.165) is 13.2 Å². The minimum absolute atomic E-state index is 0.376. The normalized spacial score (nSPS) is 31.4. The summed E-state index contributed by atoms with van der Waals surface area (Å²) >= 11 is 0. The third kappa shape index (κ3) is 7.16. The predicted octanol–water partition coefficient (Wildman–Crippen LogP) is 6.69. The first-order chi connectivity index (χ1) is 13.6. The van der Waals surface area contributed by atoms with Crippen molar-refractivity contribution in [2.45, 2.75) is 128 Å².